The van der Waals surface area contributed by atoms with E-state index in [9.17, 15) is 4.39 Å². The predicted octanol–water partition coefficient (Wildman–Crippen LogP) is 2.89. The van der Waals surface area contributed by atoms with Crippen LogP contribution in [0.15, 0.2) is 18.2 Å². The van der Waals surface area contributed by atoms with Crippen molar-refractivity contribution in [1.29, 1.82) is 0 Å². The number of halogens is 1. The Balaban J connectivity index is 2.72. The highest BCUT2D eigenvalue weighted by Crippen LogP contribution is 2.27. The van der Waals surface area contributed by atoms with Crippen LogP contribution in [0, 0.1) is 5.82 Å². The molecule has 2 nitrogen and oxygen atoms in total. The number of hydrogen-bond donors (Lipinski definition) is 0. The van der Waals surface area contributed by atoms with E-state index in [-0.39, 0.29) is 5.82 Å². The van der Waals surface area contributed by atoms with Gasteiger partial charge in [0.1, 0.15) is 18.2 Å². The Hall–Kier alpha value is -1.09. The molecule has 0 aliphatic heterocycles. The molecule has 0 heterocycles. The monoisotopic (exact) mass is 225 g/mol. The number of hydrogen-bond acceptors (Lipinski definition) is 2. The molecule has 1 rings (SSSR count). The van der Waals surface area contributed by atoms with E-state index in [1.54, 1.807) is 6.07 Å². The summed E-state index contributed by atoms with van der Waals surface area (Å²) in [5.41, 5.74) is 1.06. The molecule has 0 radical (unpaired) electrons. The smallest absolute Gasteiger partial charge is 0.126 e. The molecule has 0 aliphatic rings. The fourth-order valence-electron chi connectivity index (χ4n) is 1.45. The van der Waals surface area contributed by atoms with Crippen LogP contribution >= 0.6 is 0 Å². The molecule has 0 unspecified atom stereocenters. The fraction of sp³-hybridized carbons (Fsp3) is 0.538. The Morgan fingerprint density at radius 1 is 1.31 bits per heavy atom. The highest BCUT2D eigenvalue weighted by molar-refractivity contribution is 5.36. The minimum Gasteiger partial charge on any atom is -0.492 e. The first kappa shape index (κ1) is 13.0. The van der Waals surface area contributed by atoms with Gasteiger partial charge in [-0.05, 0) is 31.6 Å². The van der Waals surface area contributed by atoms with Gasteiger partial charge in [-0.2, -0.15) is 0 Å². The molecule has 0 spiro atoms. The van der Waals surface area contributed by atoms with Gasteiger partial charge in [-0.25, -0.2) is 4.39 Å². The van der Waals surface area contributed by atoms with E-state index < -0.39 is 0 Å². The summed E-state index contributed by atoms with van der Waals surface area (Å²) in [4.78, 5) is 2.04. The van der Waals surface area contributed by atoms with Crippen LogP contribution < -0.4 is 4.74 Å². The van der Waals surface area contributed by atoms with Crippen LogP contribution in [0.3, 0.4) is 0 Å². The molecule has 3 heteroatoms. The van der Waals surface area contributed by atoms with Crippen LogP contribution in [0.25, 0.3) is 0 Å². The molecule has 1 aromatic carbocycles. The van der Waals surface area contributed by atoms with Crippen LogP contribution in [0.5, 0.6) is 5.75 Å². The lowest BCUT2D eigenvalue weighted by Gasteiger charge is -2.15. The van der Waals surface area contributed by atoms with E-state index in [4.69, 9.17) is 4.74 Å². The second-order valence-corrected chi connectivity index (χ2v) is 4.49. The van der Waals surface area contributed by atoms with Crippen LogP contribution in [0.4, 0.5) is 4.39 Å². The molecule has 1 aromatic rings. The van der Waals surface area contributed by atoms with Crippen molar-refractivity contribution in [2.45, 2.75) is 19.8 Å². The Morgan fingerprint density at radius 2 is 2.00 bits per heavy atom. The molecule has 90 valence electrons. The highest BCUT2D eigenvalue weighted by atomic mass is 19.1. The van der Waals surface area contributed by atoms with Gasteiger partial charge in [0.2, 0.25) is 0 Å². The summed E-state index contributed by atoms with van der Waals surface area (Å²) in [5, 5.41) is 0. The molecule has 0 amide bonds. The lowest BCUT2D eigenvalue weighted by Crippen LogP contribution is -2.19. The van der Waals surface area contributed by atoms with Crippen molar-refractivity contribution in [1.82, 2.24) is 4.90 Å². The summed E-state index contributed by atoms with van der Waals surface area (Å²) in [6.07, 6.45) is 0. The maximum absolute atomic E-state index is 13.1. The van der Waals surface area contributed by atoms with Crippen LogP contribution in [0.2, 0.25) is 0 Å². The standard InChI is InChI=1S/C13H20FNO/c1-10(2)12-6-5-11(14)9-13(12)16-8-7-15(3)4/h5-6,9-10H,7-8H2,1-4H3. The van der Waals surface area contributed by atoms with Crippen molar-refractivity contribution in [3.8, 4) is 5.75 Å². The minimum atomic E-state index is -0.246. The maximum atomic E-state index is 13.1. The Bertz CT molecular complexity index is 337. The van der Waals surface area contributed by atoms with E-state index in [0.29, 0.717) is 18.3 Å². The maximum Gasteiger partial charge on any atom is 0.126 e. The third-order valence-corrected chi connectivity index (χ3v) is 2.39. The van der Waals surface area contributed by atoms with E-state index in [1.807, 2.05) is 19.0 Å². The second kappa shape index (κ2) is 5.85. The lowest BCUT2D eigenvalue weighted by atomic mass is 10.0. The average Bonchev–Trinajstić information content (AvgIpc) is 2.16. The first-order valence-corrected chi connectivity index (χ1v) is 5.57. The van der Waals surface area contributed by atoms with Gasteiger partial charge >= 0.3 is 0 Å². The molecule has 0 atom stereocenters. The summed E-state index contributed by atoms with van der Waals surface area (Å²) in [5.74, 6) is 0.760. The molecular weight excluding hydrogens is 205 g/mol. The van der Waals surface area contributed by atoms with Crippen molar-refractivity contribution >= 4 is 0 Å². The summed E-state index contributed by atoms with van der Waals surface area (Å²) in [7, 11) is 3.97. The third kappa shape index (κ3) is 3.81. The number of likely N-dealkylation sites (N-methyl/N-ethyl adjacent to an activating group) is 1. The predicted molar refractivity (Wildman–Crippen MR) is 64.5 cm³/mol. The first-order chi connectivity index (χ1) is 7.50. The zero-order valence-corrected chi connectivity index (χ0v) is 10.5. The Morgan fingerprint density at radius 3 is 2.56 bits per heavy atom. The molecule has 0 bridgehead atoms. The number of rotatable bonds is 5. The van der Waals surface area contributed by atoms with Crippen molar-refractivity contribution < 1.29 is 9.13 Å². The number of benzene rings is 1. The fourth-order valence-corrected chi connectivity index (χ4v) is 1.45. The van der Waals surface area contributed by atoms with Crippen molar-refractivity contribution in [2.24, 2.45) is 0 Å². The number of nitrogens with zero attached hydrogens (tertiary/aromatic N) is 1. The van der Waals surface area contributed by atoms with Gasteiger partial charge in [0.15, 0.2) is 0 Å². The van der Waals surface area contributed by atoms with Gasteiger partial charge in [-0.3, -0.25) is 0 Å². The molecule has 0 aliphatic carbocycles. The SMILES string of the molecule is CC(C)c1ccc(F)cc1OCCN(C)C. The van der Waals surface area contributed by atoms with E-state index in [0.717, 1.165) is 12.1 Å². The lowest BCUT2D eigenvalue weighted by molar-refractivity contribution is 0.258. The molecule has 0 aromatic heterocycles. The third-order valence-electron chi connectivity index (χ3n) is 2.39. The van der Waals surface area contributed by atoms with Crippen LogP contribution in [0.1, 0.15) is 25.3 Å². The number of ether oxygens (including phenoxy) is 1. The molecule has 0 N–H and O–H groups in total. The summed E-state index contributed by atoms with van der Waals surface area (Å²) in [6, 6.07) is 4.74. The van der Waals surface area contributed by atoms with Gasteiger partial charge in [0.25, 0.3) is 0 Å². The average molecular weight is 225 g/mol. The molecule has 0 saturated carbocycles. The topological polar surface area (TPSA) is 12.5 Å². The highest BCUT2D eigenvalue weighted by Gasteiger charge is 2.09. The summed E-state index contributed by atoms with van der Waals surface area (Å²) < 4.78 is 18.7. The second-order valence-electron chi connectivity index (χ2n) is 4.49. The van der Waals surface area contributed by atoms with Gasteiger partial charge in [0, 0.05) is 12.6 Å². The van der Waals surface area contributed by atoms with Crippen LogP contribution in [-0.2, 0) is 0 Å². The van der Waals surface area contributed by atoms with Gasteiger partial charge in [0.05, 0.1) is 0 Å². The molecular formula is C13H20FNO. The molecule has 16 heavy (non-hydrogen) atoms. The normalized spacial score (nSPS) is 11.2. The van der Waals surface area contributed by atoms with E-state index >= 15 is 0 Å². The zero-order chi connectivity index (χ0) is 12.1. The van der Waals surface area contributed by atoms with E-state index in [2.05, 4.69) is 13.8 Å². The van der Waals surface area contributed by atoms with Crippen LogP contribution in [-0.4, -0.2) is 32.1 Å². The molecule has 0 saturated heterocycles. The van der Waals surface area contributed by atoms with E-state index in [1.165, 1.54) is 12.1 Å². The van der Waals surface area contributed by atoms with Gasteiger partial charge < -0.3 is 9.64 Å². The summed E-state index contributed by atoms with van der Waals surface area (Å²) >= 11 is 0. The zero-order valence-electron chi connectivity index (χ0n) is 10.5. The van der Waals surface area contributed by atoms with Gasteiger partial charge in [-0.15, -0.1) is 0 Å². The van der Waals surface area contributed by atoms with Gasteiger partial charge in [-0.1, -0.05) is 19.9 Å². The molecule has 0 fully saturated rings. The Labute approximate surface area is 97.0 Å². The summed E-state index contributed by atoms with van der Waals surface area (Å²) in [6.45, 7) is 5.56. The quantitative estimate of drug-likeness (QED) is 0.764. The largest absolute Gasteiger partial charge is 0.492 e. The van der Waals surface area contributed by atoms with Crippen molar-refractivity contribution in [3.05, 3.63) is 29.6 Å². The first-order valence-electron chi connectivity index (χ1n) is 5.57. The minimum absolute atomic E-state index is 0.246. The Kier molecular flexibility index (Phi) is 4.74. The van der Waals surface area contributed by atoms with Crippen molar-refractivity contribution in [3.63, 3.8) is 0 Å². The van der Waals surface area contributed by atoms with Crippen molar-refractivity contribution in [2.75, 3.05) is 27.2 Å².